The summed E-state index contributed by atoms with van der Waals surface area (Å²) in [6.07, 6.45) is 0. The van der Waals surface area contributed by atoms with Crippen LogP contribution in [0.3, 0.4) is 0 Å². The monoisotopic (exact) mass is 234 g/mol. The Morgan fingerprint density at radius 2 is 2.06 bits per heavy atom. The third-order valence-electron chi connectivity index (χ3n) is 2.87. The van der Waals surface area contributed by atoms with Crippen LogP contribution < -0.4 is 5.32 Å². The molecule has 0 saturated carbocycles. The second-order valence-corrected chi connectivity index (χ2v) is 4.59. The van der Waals surface area contributed by atoms with Crippen LogP contribution in [0.2, 0.25) is 0 Å². The summed E-state index contributed by atoms with van der Waals surface area (Å²) in [5, 5.41) is 3.23. The van der Waals surface area contributed by atoms with Gasteiger partial charge in [-0.3, -0.25) is 4.79 Å². The number of amides is 1. The summed E-state index contributed by atoms with van der Waals surface area (Å²) in [7, 11) is 1.84. The minimum atomic E-state index is 0.0691. The van der Waals surface area contributed by atoms with Crippen LogP contribution in [0, 0.1) is 6.92 Å². The molecule has 0 aliphatic rings. The van der Waals surface area contributed by atoms with E-state index in [4.69, 9.17) is 0 Å². The maximum atomic E-state index is 12.3. The predicted molar refractivity (Wildman–Crippen MR) is 72.6 cm³/mol. The fraction of sp³-hybridized carbons (Fsp3) is 0.500. The van der Waals surface area contributed by atoms with Crippen LogP contribution in [0.5, 0.6) is 0 Å². The summed E-state index contributed by atoms with van der Waals surface area (Å²) in [5.74, 6) is 0.0691. The fourth-order valence-corrected chi connectivity index (χ4v) is 1.60. The van der Waals surface area contributed by atoms with Crippen LogP contribution in [-0.4, -0.2) is 30.4 Å². The zero-order valence-corrected chi connectivity index (χ0v) is 11.4. The van der Waals surface area contributed by atoms with Crippen LogP contribution in [-0.2, 0) is 0 Å². The largest absolute Gasteiger partial charge is 0.385 e. The van der Waals surface area contributed by atoms with E-state index in [0.29, 0.717) is 0 Å². The molecule has 0 aliphatic carbocycles. The maximum absolute atomic E-state index is 12.3. The van der Waals surface area contributed by atoms with Gasteiger partial charge in [0.05, 0.1) is 5.56 Å². The topological polar surface area (TPSA) is 32.3 Å². The van der Waals surface area contributed by atoms with Crippen molar-refractivity contribution in [2.75, 3.05) is 18.9 Å². The summed E-state index contributed by atoms with van der Waals surface area (Å²) in [5.41, 5.74) is 2.77. The number of carbonyl (C=O) groups excluding carboxylic acids is 1. The van der Waals surface area contributed by atoms with Gasteiger partial charge in [-0.25, -0.2) is 0 Å². The van der Waals surface area contributed by atoms with Crippen molar-refractivity contribution in [2.24, 2.45) is 0 Å². The molecule has 1 amide bonds. The Labute approximate surface area is 104 Å². The first-order valence-corrected chi connectivity index (χ1v) is 6.09. The summed E-state index contributed by atoms with van der Waals surface area (Å²) >= 11 is 0. The molecule has 0 fully saturated rings. The molecule has 0 aliphatic heterocycles. The molecule has 1 N–H and O–H groups in total. The van der Waals surface area contributed by atoms with Gasteiger partial charge in [0.15, 0.2) is 0 Å². The Bertz CT molecular complexity index is 399. The first kappa shape index (κ1) is 13.6. The lowest BCUT2D eigenvalue weighted by molar-refractivity contribution is 0.0756. The highest BCUT2D eigenvalue weighted by Crippen LogP contribution is 2.19. The molecule has 0 heterocycles. The van der Waals surface area contributed by atoms with E-state index in [1.54, 1.807) is 4.90 Å². The molecule has 1 rings (SSSR count). The fourth-order valence-electron chi connectivity index (χ4n) is 1.60. The van der Waals surface area contributed by atoms with E-state index < -0.39 is 0 Å². The quantitative estimate of drug-likeness (QED) is 0.868. The Kier molecular flexibility index (Phi) is 4.55. The normalized spacial score (nSPS) is 10.5. The third-order valence-corrected chi connectivity index (χ3v) is 2.87. The van der Waals surface area contributed by atoms with E-state index in [1.165, 1.54) is 0 Å². The van der Waals surface area contributed by atoms with Crippen molar-refractivity contribution in [3.05, 3.63) is 29.3 Å². The van der Waals surface area contributed by atoms with Crippen molar-refractivity contribution in [1.29, 1.82) is 0 Å². The molecule has 3 heteroatoms. The number of anilines is 1. The van der Waals surface area contributed by atoms with Crippen LogP contribution in [0.15, 0.2) is 18.2 Å². The number of nitrogens with zero attached hydrogens (tertiary/aromatic N) is 1. The molecule has 0 atom stereocenters. The van der Waals surface area contributed by atoms with E-state index in [9.17, 15) is 4.79 Å². The van der Waals surface area contributed by atoms with Crippen molar-refractivity contribution in [3.63, 3.8) is 0 Å². The Hall–Kier alpha value is -1.51. The highest BCUT2D eigenvalue weighted by Gasteiger charge is 2.17. The van der Waals surface area contributed by atoms with E-state index in [2.05, 4.69) is 5.32 Å². The minimum absolute atomic E-state index is 0.0691. The average molecular weight is 234 g/mol. The van der Waals surface area contributed by atoms with Gasteiger partial charge in [0.1, 0.15) is 0 Å². The highest BCUT2D eigenvalue weighted by atomic mass is 16.2. The van der Waals surface area contributed by atoms with E-state index in [-0.39, 0.29) is 11.9 Å². The lowest BCUT2D eigenvalue weighted by Gasteiger charge is -2.23. The van der Waals surface area contributed by atoms with Gasteiger partial charge in [0.2, 0.25) is 0 Å². The molecule has 0 aromatic heterocycles. The Morgan fingerprint density at radius 3 is 2.59 bits per heavy atom. The standard InChI is InChI=1S/C14H22N2O/c1-6-15-13-8-7-11(4)9-12(13)14(17)16(5)10(2)3/h7-10,15H,6H2,1-5H3. The lowest BCUT2D eigenvalue weighted by atomic mass is 10.1. The van der Waals surface area contributed by atoms with Gasteiger partial charge in [-0.2, -0.15) is 0 Å². The zero-order valence-electron chi connectivity index (χ0n) is 11.4. The molecule has 0 spiro atoms. The summed E-state index contributed by atoms with van der Waals surface area (Å²) < 4.78 is 0. The second kappa shape index (κ2) is 5.71. The van der Waals surface area contributed by atoms with Gasteiger partial charge in [0.25, 0.3) is 5.91 Å². The molecular weight excluding hydrogens is 212 g/mol. The molecule has 0 saturated heterocycles. The van der Waals surface area contributed by atoms with Gasteiger partial charge in [-0.1, -0.05) is 11.6 Å². The van der Waals surface area contributed by atoms with Crippen molar-refractivity contribution >= 4 is 11.6 Å². The van der Waals surface area contributed by atoms with Crippen molar-refractivity contribution < 1.29 is 4.79 Å². The van der Waals surface area contributed by atoms with Crippen LogP contribution >= 0.6 is 0 Å². The van der Waals surface area contributed by atoms with Gasteiger partial charge in [0, 0.05) is 25.3 Å². The number of hydrogen-bond donors (Lipinski definition) is 1. The SMILES string of the molecule is CCNc1ccc(C)cc1C(=O)N(C)C(C)C. The summed E-state index contributed by atoms with van der Waals surface area (Å²) in [4.78, 5) is 14.1. The highest BCUT2D eigenvalue weighted by molar-refractivity contribution is 5.99. The van der Waals surface area contributed by atoms with E-state index in [1.807, 2.05) is 52.9 Å². The summed E-state index contributed by atoms with van der Waals surface area (Å²) in [6.45, 7) is 8.87. The zero-order chi connectivity index (χ0) is 13.0. The number of hydrogen-bond acceptors (Lipinski definition) is 2. The first-order chi connectivity index (χ1) is 7.97. The molecule has 0 bridgehead atoms. The first-order valence-electron chi connectivity index (χ1n) is 6.09. The number of rotatable bonds is 4. The minimum Gasteiger partial charge on any atom is -0.385 e. The van der Waals surface area contributed by atoms with E-state index >= 15 is 0 Å². The number of nitrogens with one attached hydrogen (secondary N) is 1. The van der Waals surface area contributed by atoms with Gasteiger partial charge in [-0.15, -0.1) is 0 Å². The second-order valence-electron chi connectivity index (χ2n) is 4.59. The summed E-state index contributed by atoms with van der Waals surface area (Å²) in [6, 6.07) is 6.14. The lowest BCUT2D eigenvalue weighted by Crippen LogP contribution is -2.33. The molecule has 1 aromatic carbocycles. The molecule has 17 heavy (non-hydrogen) atoms. The predicted octanol–water partition coefficient (Wildman–Crippen LogP) is 2.91. The number of carbonyl (C=O) groups is 1. The number of aryl methyl sites for hydroxylation is 1. The molecule has 3 nitrogen and oxygen atoms in total. The van der Waals surface area contributed by atoms with E-state index in [0.717, 1.165) is 23.4 Å². The van der Waals surface area contributed by atoms with Crippen molar-refractivity contribution in [1.82, 2.24) is 4.90 Å². The molecule has 0 unspecified atom stereocenters. The average Bonchev–Trinajstić information content (AvgIpc) is 2.29. The van der Waals surface area contributed by atoms with Crippen LogP contribution in [0.25, 0.3) is 0 Å². The molecule has 1 aromatic rings. The van der Waals surface area contributed by atoms with Crippen molar-refractivity contribution in [3.8, 4) is 0 Å². The molecule has 94 valence electrons. The smallest absolute Gasteiger partial charge is 0.255 e. The Morgan fingerprint density at radius 1 is 1.41 bits per heavy atom. The molecule has 0 radical (unpaired) electrons. The number of benzene rings is 1. The maximum Gasteiger partial charge on any atom is 0.255 e. The third kappa shape index (κ3) is 3.22. The Balaban J connectivity index is 3.10. The van der Waals surface area contributed by atoms with Gasteiger partial charge >= 0.3 is 0 Å². The van der Waals surface area contributed by atoms with Gasteiger partial charge in [-0.05, 0) is 39.8 Å². The van der Waals surface area contributed by atoms with Crippen LogP contribution in [0.4, 0.5) is 5.69 Å². The van der Waals surface area contributed by atoms with Crippen LogP contribution in [0.1, 0.15) is 36.7 Å². The van der Waals surface area contributed by atoms with Crippen molar-refractivity contribution in [2.45, 2.75) is 33.7 Å². The molecular formula is C14H22N2O. The van der Waals surface area contributed by atoms with Gasteiger partial charge < -0.3 is 10.2 Å².